The average Bonchev–Trinajstić information content (AvgIpc) is 2.41. The van der Waals surface area contributed by atoms with Crippen LogP contribution in [0.2, 0.25) is 0 Å². The largest absolute Gasteiger partial charge is 0.312 e. The normalized spacial score (nSPS) is 17.0. The van der Waals surface area contributed by atoms with Crippen LogP contribution in [0.1, 0.15) is 37.8 Å². The van der Waals surface area contributed by atoms with E-state index in [2.05, 4.69) is 55.2 Å². The maximum atomic E-state index is 3.62. The highest BCUT2D eigenvalue weighted by atomic mass is 32.2. The van der Waals surface area contributed by atoms with Gasteiger partial charge in [0.2, 0.25) is 0 Å². The Bertz CT molecular complexity index is 352. The summed E-state index contributed by atoms with van der Waals surface area (Å²) in [6, 6.07) is 9.13. The first-order chi connectivity index (χ1) is 9.24. The van der Waals surface area contributed by atoms with Gasteiger partial charge in [0.05, 0.1) is 0 Å². The zero-order chi connectivity index (χ0) is 13.5. The fraction of sp³-hybridized carbons (Fsp3) is 0.647. The molecule has 0 radical (unpaired) electrons. The van der Waals surface area contributed by atoms with Gasteiger partial charge in [-0.25, -0.2) is 0 Å². The zero-order valence-electron chi connectivity index (χ0n) is 12.3. The smallest absolute Gasteiger partial charge is 0.0205 e. The molecule has 1 saturated heterocycles. The number of hydrogen-bond acceptors (Lipinski definition) is 2. The van der Waals surface area contributed by atoms with Gasteiger partial charge >= 0.3 is 0 Å². The molecule has 1 aliphatic rings. The van der Waals surface area contributed by atoms with Crippen molar-refractivity contribution < 1.29 is 0 Å². The fourth-order valence-electron chi connectivity index (χ4n) is 2.64. The van der Waals surface area contributed by atoms with E-state index in [1.165, 1.54) is 48.4 Å². The average molecular weight is 277 g/mol. The summed E-state index contributed by atoms with van der Waals surface area (Å²) in [7, 11) is 0. The van der Waals surface area contributed by atoms with Gasteiger partial charge in [0.1, 0.15) is 0 Å². The Morgan fingerprint density at radius 1 is 1.11 bits per heavy atom. The fourth-order valence-corrected chi connectivity index (χ4v) is 3.84. The van der Waals surface area contributed by atoms with E-state index >= 15 is 0 Å². The van der Waals surface area contributed by atoms with E-state index in [4.69, 9.17) is 0 Å². The maximum absolute atomic E-state index is 3.62. The molecular weight excluding hydrogens is 250 g/mol. The molecule has 1 aliphatic heterocycles. The van der Waals surface area contributed by atoms with Gasteiger partial charge in [0.15, 0.2) is 0 Å². The van der Waals surface area contributed by atoms with E-state index in [0.29, 0.717) is 0 Å². The van der Waals surface area contributed by atoms with Gasteiger partial charge in [-0.1, -0.05) is 38.1 Å². The Kier molecular flexibility index (Phi) is 6.25. The second-order valence-electron chi connectivity index (χ2n) is 6.10. The molecule has 2 heteroatoms. The number of benzene rings is 1. The van der Waals surface area contributed by atoms with Crippen LogP contribution in [-0.2, 0) is 13.0 Å². The topological polar surface area (TPSA) is 12.0 Å². The zero-order valence-corrected chi connectivity index (χ0v) is 13.1. The standard InChI is InChI=1S/C17H27NS/c1-14(2)11-15-3-5-16(6-4-15)12-18-13-17-7-9-19-10-8-17/h3-6,14,17-18H,7-13H2,1-2H3. The Morgan fingerprint density at radius 3 is 2.37 bits per heavy atom. The molecule has 1 aromatic rings. The first kappa shape index (κ1) is 14.9. The SMILES string of the molecule is CC(C)Cc1ccc(CNCC2CCSCC2)cc1. The van der Waals surface area contributed by atoms with Crippen LogP contribution >= 0.6 is 11.8 Å². The monoisotopic (exact) mass is 277 g/mol. The Labute approximate surface area is 122 Å². The van der Waals surface area contributed by atoms with Crippen LogP contribution in [0.4, 0.5) is 0 Å². The third-order valence-electron chi connectivity index (χ3n) is 3.77. The van der Waals surface area contributed by atoms with Crippen LogP contribution in [0.25, 0.3) is 0 Å². The lowest BCUT2D eigenvalue weighted by molar-refractivity contribution is 0.447. The molecule has 0 spiro atoms. The minimum atomic E-state index is 0.744. The van der Waals surface area contributed by atoms with E-state index in [1.54, 1.807) is 0 Å². The summed E-state index contributed by atoms with van der Waals surface area (Å²) in [5.74, 6) is 4.36. The van der Waals surface area contributed by atoms with Gasteiger partial charge in [-0.15, -0.1) is 0 Å². The summed E-state index contributed by atoms with van der Waals surface area (Å²) in [4.78, 5) is 0. The van der Waals surface area contributed by atoms with E-state index in [1.807, 2.05) is 0 Å². The summed E-state index contributed by atoms with van der Waals surface area (Å²) in [5, 5.41) is 3.62. The lowest BCUT2D eigenvalue weighted by Gasteiger charge is -2.21. The van der Waals surface area contributed by atoms with Crippen LogP contribution < -0.4 is 5.32 Å². The third-order valence-corrected chi connectivity index (χ3v) is 4.82. The number of thioether (sulfide) groups is 1. The summed E-state index contributed by atoms with van der Waals surface area (Å²) in [6.07, 6.45) is 3.98. The van der Waals surface area contributed by atoms with Crippen molar-refractivity contribution in [2.75, 3.05) is 18.1 Å². The van der Waals surface area contributed by atoms with Crippen molar-refractivity contribution in [3.63, 3.8) is 0 Å². The summed E-state index contributed by atoms with van der Waals surface area (Å²) in [5.41, 5.74) is 2.88. The van der Waals surface area contributed by atoms with Gasteiger partial charge in [-0.05, 0) is 60.3 Å². The molecular formula is C17H27NS. The Hall–Kier alpha value is -0.470. The molecule has 0 bridgehead atoms. The van der Waals surface area contributed by atoms with Crippen LogP contribution in [-0.4, -0.2) is 18.1 Å². The minimum Gasteiger partial charge on any atom is -0.312 e. The third kappa shape index (κ3) is 5.58. The summed E-state index contributed by atoms with van der Waals surface area (Å²) in [6.45, 7) is 6.76. The highest BCUT2D eigenvalue weighted by Crippen LogP contribution is 2.21. The summed E-state index contributed by atoms with van der Waals surface area (Å²) < 4.78 is 0. The Morgan fingerprint density at radius 2 is 1.74 bits per heavy atom. The van der Waals surface area contributed by atoms with Crippen molar-refractivity contribution in [1.82, 2.24) is 5.32 Å². The van der Waals surface area contributed by atoms with E-state index < -0.39 is 0 Å². The van der Waals surface area contributed by atoms with Gasteiger partial charge in [-0.3, -0.25) is 0 Å². The lowest BCUT2D eigenvalue weighted by atomic mass is 10.0. The lowest BCUT2D eigenvalue weighted by Crippen LogP contribution is -2.25. The predicted molar refractivity (Wildman–Crippen MR) is 86.7 cm³/mol. The predicted octanol–water partition coefficient (Wildman–Crippen LogP) is 4.12. The van der Waals surface area contributed by atoms with Crippen LogP contribution in [0, 0.1) is 11.8 Å². The molecule has 1 fully saturated rings. The van der Waals surface area contributed by atoms with Crippen molar-refractivity contribution >= 4 is 11.8 Å². The van der Waals surface area contributed by atoms with E-state index in [9.17, 15) is 0 Å². The molecule has 19 heavy (non-hydrogen) atoms. The van der Waals surface area contributed by atoms with Gasteiger partial charge in [0.25, 0.3) is 0 Å². The molecule has 1 heterocycles. The Balaban J connectivity index is 1.70. The van der Waals surface area contributed by atoms with Crippen LogP contribution in [0.15, 0.2) is 24.3 Å². The molecule has 0 saturated carbocycles. The number of hydrogen-bond donors (Lipinski definition) is 1. The molecule has 0 aromatic heterocycles. The molecule has 2 rings (SSSR count). The van der Waals surface area contributed by atoms with Crippen molar-refractivity contribution in [3.8, 4) is 0 Å². The van der Waals surface area contributed by atoms with E-state index in [-0.39, 0.29) is 0 Å². The summed E-state index contributed by atoms with van der Waals surface area (Å²) >= 11 is 2.11. The highest BCUT2D eigenvalue weighted by Gasteiger charge is 2.12. The minimum absolute atomic E-state index is 0.744. The van der Waals surface area contributed by atoms with Crippen molar-refractivity contribution in [2.24, 2.45) is 11.8 Å². The number of nitrogens with one attached hydrogen (secondary N) is 1. The second kappa shape index (κ2) is 7.96. The van der Waals surface area contributed by atoms with Gasteiger partial charge in [0, 0.05) is 6.54 Å². The first-order valence-electron chi connectivity index (χ1n) is 7.60. The van der Waals surface area contributed by atoms with Gasteiger partial charge in [-0.2, -0.15) is 11.8 Å². The van der Waals surface area contributed by atoms with Crippen molar-refractivity contribution in [1.29, 1.82) is 0 Å². The van der Waals surface area contributed by atoms with Crippen LogP contribution in [0.3, 0.4) is 0 Å². The number of rotatable bonds is 6. The molecule has 1 nitrogen and oxygen atoms in total. The van der Waals surface area contributed by atoms with Crippen molar-refractivity contribution in [3.05, 3.63) is 35.4 Å². The maximum Gasteiger partial charge on any atom is 0.0205 e. The molecule has 106 valence electrons. The van der Waals surface area contributed by atoms with Crippen LogP contribution in [0.5, 0.6) is 0 Å². The quantitative estimate of drug-likeness (QED) is 0.839. The highest BCUT2D eigenvalue weighted by molar-refractivity contribution is 7.99. The molecule has 0 aliphatic carbocycles. The molecule has 0 amide bonds. The molecule has 1 N–H and O–H groups in total. The molecule has 0 atom stereocenters. The van der Waals surface area contributed by atoms with Gasteiger partial charge < -0.3 is 5.32 Å². The molecule has 0 unspecified atom stereocenters. The van der Waals surface area contributed by atoms with Crippen molar-refractivity contribution in [2.45, 2.75) is 39.7 Å². The second-order valence-corrected chi connectivity index (χ2v) is 7.33. The molecule has 1 aromatic carbocycles. The first-order valence-corrected chi connectivity index (χ1v) is 8.76. The van der Waals surface area contributed by atoms with E-state index in [0.717, 1.165) is 18.4 Å².